The van der Waals surface area contributed by atoms with E-state index in [0.717, 1.165) is 17.7 Å². The standard InChI is InChI=1S/C16H11ClF3NOS/c17-10-3-1-9(2-4-10)16-21(7-8-23-16)15(22)11-5-6-12(18)14(20)13(11)19/h1-6,16H,7-8H2. The molecular formula is C16H11ClF3NOS. The van der Waals surface area contributed by atoms with Crippen LogP contribution in [0.2, 0.25) is 5.02 Å². The molecule has 2 nitrogen and oxygen atoms in total. The Morgan fingerprint density at radius 1 is 1.09 bits per heavy atom. The number of benzene rings is 2. The Balaban J connectivity index is 1.92. The molecule has 0 bridgehead atoms. The topological polar surface area (TPSA) is 20.3 Å². The molecule has 1 aliphatic rings. The third-order valence-corrected chi connectivity index (χ3v) is 5.09. The van der Waals surface area contributed by atoms with Crippen LogP contribution in [0.25, 0.3) is 0 Å². The summed E-state index contributed by atoms with van der Waals surface area (Å²) >= 11 is 7.37. The van der Waals surface area contributed by atoms with Crippen molar-refractivity contribution in [2.75, 3.05) is 12.3 Å². The van der Waals surface area contributed by atoms with E-state index < -0.39 is 28.9 Å². The minimum Gasteiger partial charge on any atom is -0.322 e. The van der Waals surface area contributed by atoms with Gasteiger partial charge in [-0.15, -0.1) is 11.8 Å². The fraction of sp³-hybridized carbons (Fsp3) is 0.188. The summed E-state index contributed by atoms with van der Waals surface area (Å²) in [4.78, 5) is 14.0. The van der Waals surface area contributed by atoms with Gasteiger partial charge in [0, 0.05) is 17.3 Å². The lowest BCUT2D eigenvalue weighted by Gasteiger charge is -2.24. The van der Waals surface area contributed by atoms with Crippen LogP contribution in [0.1, 0.15) is 21.3 Å². The van der Waals surface area contributed by atoms with Crippen LogP contribution in [0.4, 0.5) is 13.2 Å². The molecule has 23 heavy (non-hydrogen) atoms. The quantitative estimate of drug-likeness (QED) is 0.729. The van der Waals surface area contributed by atoms with E-state index in [1.165, 1.54) is 16.7 Å². The molecule has 2 aromatic carbocycles. The van der Waals surface area contributed by atoms with Crippen molar-refractivity contribution in [3.63, 3.8) is 0 Å². The number of amides is 1. The summed E-state index contributed by atoms with van der Waals surface area (Å²) in [5.74, 6) is -4.40. The molecule has 1 heterocycles. The van der Waals surface area contributed by atoms with Gasteiger partial charge < -0.3 is 4.90 Å². The van der Waals surface area contributed by atoms with Crippen molar-refractivity contribution in [2.24, 2.45) is 0 Å². The molecule has 120 valence electrons. The summed E-state index contributed by atoms with van der Waals surface area (Å²) in [5, 5.41) is 0.258. The van der Waals surface area contributed by atoms with E-state index in [9.17, 15) is 18.0 Å². The number of rotatable bonds is 2. The molecule has 0 aliphatic carbocycles. The number of hydrogen-bond donors (Lipinski definition) is 0. The maximum Gasteiger partial charge on any atom is 0.258 e. The van der Waals surface area contributed by atoms with Crippen molar-refractivity contribution < 1.29 is 18.0 Å². The maximum atomic E-state index is 13.9. The van der Waals surface area contributed by atoms with Gasteiger partial charge in [-0.25, -0.2) is 13.2 Å². The van der Waals surface area contributed by atoms with Crippen molar-refractivity contribution >= 4 is 29.3 Å². The van der Waals surface area contributed by atoms with E-state index in [2.05, 4.69) is 0 Å². The van der Waals surface area contributed by atoms with Crippen molar-refractivity contribution in [1.82, 2.24) is 4.90 Å². The molecule has 7 heteroatoms. The molecule has 1 amide bonds. The van der Waals surface area contributed by atoms with E-state index >= 15 is 0 Å². The highest BCUT2D eigenvalue weighted by atomic mass is 35.5. The number of hydrogen-bond acceptors (Lipinski definition) is 2. The fourth-order valence-electron chi connectivity index (χ4n) is 2.43. The van der Waals surface area contributed by atoms with Gasteiger partial charge in [0.15, 0.2) is 17.5 Å². The van der Waals surface area contributed by atoms with E-state index in [-0.39, 0.29) is 5.37 Å². The van der Waals surface area contributed by atoms with Crippen LogP contribution in [0, 0.1) is 17.5 Å². The highest BCUT2D eigenvalue weighted by Crippen LogP contribution is 2.39. The second-order valence-corrected chi connectivity index (χ2v) is 6.62. The molecule has 1 aliphatic heterocycles. The Hall–Kier alpha value is -1.66. The largest absolute Gasteiger partial charge is 0.322 e. The average molecular weight is 358 g/mol. The minimum absolute atomic E-state index is 0.313. The molecule has 1 unspecified atom stereocenters. The number of carbonyl (C=O) groups excluding carboxylic acids is 1. The zero-order chi connectivity index (χ0) is 16.6. The molecule has 1 fully saturated rings. The first-order chi connectivity index (χ1) is 11.0. The first-order valence-corrected chi connectivity index (χ1v) is 8.23. The van der Waals surface area contributed by atoms with Crippen LogP contribution in [-0.4, -0.2) is 23.1 Å². The first-order valence-electron chi connectivity index (χ1n) is 6.80. The van der Waals surface area contributed by atoms with Crippen LogP contribution in [0.15, 0.2) is 36.4 Å². The number of carbonyl (C=O) groups is 1. The molecule has 0 N–H and O–H groups in total. The Morgan fingerprint density at radius 3 is 2.48 bits per heavy atom. The molecule has 0 radical (unpaired) electrons. The molecule has 1 saturated heterocycles. The molecule has 3 rings (SSSR count). The SMILES string of the molecule is O=C(c1ccc(F)c(F)c1F)N1CCSC1c1ccc(Cl)cc1. The van der Waals surface area contributed by atoms with Gasteiger partial charge in [0.1, 0.15) is 5.37 Å². The lowest BCUT2D eigenvalue weighted by atomic mass is 10.1. The van der Waals surface area contributed by atoms with Crippen LogP contribution in [0.5, 0.6) is 0 Å². The normalized spacial score (nSPS) is 17.6. The highest BCUT2D eigenvalue weighted by Gasteiger charge is 2.33. The minimum atomic E-state index is -1.63. The predicted octanol–water partition coefficient (Wildman–Crippen LogP) is 4.65. The van der Waals surface area contributed by atoms with Crippen LogP contribution in [0.3, 0.4) is 0 Å². The maximum absolute atomic E-state index is 13.9. The summed E-state index contributed by atoms with van der Waals surface area (Å²) in [5.41, 5.74) is 0.374. The van der Waals surface area contributed by atoms with Crippen LogP contribution in [-0.2, 0) is 0 Å². The third kappa shape index (κ3) is 3.05. The summed E-state index contributed by atoms with van der Waals surface area (Å²) in [7, 11) is 0. The summed E-state index contributed by atoms with van der Waals surface area (Å²) in [6.07, 6.45) is 0. The molecule has 0 saturated carbocycles. The van der Waals surface area contributed by atoms with E-state index in [1.807, 2.05) is 0 Å². The highest BCUT2D eigenvalue weighted by molar-refractivity contribution is 7.99. The Labute approximate surface area is 140 Å². The summed E-state index contributed by atoms with van der Waals surface area (Å²) in [6.45, 7) is 0.398. The zero-order valence-electron chi connectivity index (χ0n) is 11.7. The van der Waals surface area contributed by atoms with Gasteiger partial charge in [0.05, 0.1) is 5.56 Å². The Morgan fingerprint density at radius 2 is 1.78 bits per heavy atom. The zero-order valence-corrected chi connectivity index (χ0v) is 13.3. The predicted molar refractivity (Wildman–Crippen MR) is 84.0 cm³/mol. The van der Waals surface area contributed by atoms with Gasteiger partial charge in [-0.3, -0.25) is 4.79 Å². The molecule has 1 atom stereocenters. The second-order valence-electron chi connectivity index (χ2n) is 5.00. The average Bonchev–Trinajstić information content (AvgIpc) is 3.02. The molecule has 2 aromatic rings. The van der Waals surface area contributed by atoms with Gasteiger partial charge in [-0.1, -0.05) is 23.7 Å². The van der Waals surface area contributed by atoms with Crippen molar-refractivity contribution in [3.8, 4) is 0 Å². The Kier molecular flexibility index (Phi) is 4.55. The van der Waals surface area contributed by atoms with E-state index in [1.54, 1.807) is 24.3 Å². The first kappa shape index (κ1) is 16.2. The molecular weight excluding hydrogens is 347 g/mol. The lowest BCUT2D eigenvalue weighted by molar-refractivity contribution is 0.0754. The fourth-order valence-corrected chi connectivity index (χ4v) is 3.81. The smallest absolute Gasteiger partial charge is 0.258 e. The van der Waals surface area contributed by atoms with Gasteiger partial charge >= 0.3 is 0 Å². The number of nitrogens with zero attached hydrogens (tertiary/aromatic N) is 1. The van der Waals surface area contributed by atoms with Crippen molar-refractivity contribution in [1.29, 1.82) is 0 Å². The van der Waals surface area contributed by atoms with Crippen LogP contribution >= 0.6 is 23.4 Å². The van der Waals surface area contributed by atoms with Crippen molar-refractivity contribution in [2.45, 2.75) is 5.37 Å². The lowest BCUT2D eigenvalue weighted by Crippen LogP contribution is -2.31. The van der Waals surface area contributed by atoms with Gasteiger partial charge in [0.25, 0.3) is 5.91 Å². The van der Waals surface area contributed by atoms with Gasteiger partial charge in [-0.05, 0) is 29.8 Å². The third-order valence-electron chi connectivity index (χ3n) is 3.57. The van der Waals surface area contributed by atoms with Crippen molar-refractivity contribution in [3.05, 3.63) is 70.0 Å². The molecule has 0 spiro atoms. The number of thioether (sulfide) groups is 1. The second kappa shape index (κ2) is 6.45. The number of halogens is 4. The summed E-state index contributed by atoms with van der Waals surface area (Å²) in [6, 6.07) is 8.71. The Bertz CT molecular complexity index is 754. The van der Waals surface area contributed by atoms with Crippen LogP contribution < -0.4 is 0 Å². The monoisotopic (exact) mass is 357 g/mol. The molecule has 0 aromatic heterocycles. The van der Waals surface area contributed by atoms with Gasteiger partial charge in [-0.2, -0.15) is 0 Å². The van der Waals surface area contributed by atoms with Gasteiger partial charge in [0.2, 0.25) is 0 Å². The van der Waals surface area contributed by atoms with E-state index in [4.69, 9.17) is 11.6 Å². The van der Waals surface area contributed by atoms with E-state index in [0.29, 0.717) is 17.3 Å². The summed E-state index contributed by atoms with van der Waals surface area (Å²) < 4.78 is 40.2.